The summed E-state index contributed by atoms with van der Waals surface area (Å²) in [7, 11) is 0. The third kappa shape index (κ3) is 3.61. The van der Waals surface area contributed by atoms with Crippen molar-refractivity contribution in [2.75, 3.05) is 0 Å². The zero-order valence-corrected chi connectivity index (χ0v) is 13.4. The van der Waals surface area contributed by atoms with Gasteiger partial charge in [0, 0.05) is 16.7 Å². The van der Waals surface area contributed by atoms with Crippen molar-refractivity contribution in [1.82, 2.24) is 5.16 Å². The number of carbonyl (C=O) groups excluding carboxylic acids is 1. The van der Waals surface area contributed by atoms with Crippen LogP contribution in [0.5, 0.6) is 5.75 Å². The van der Waals surface area contributed by atoms with Crippen molar-refractivity contribution in [3.8, 4) is 17.0 Å². The monoisotopic (exact) mass is 364 g/mol. The van der Waals surface area contributed by atoms with Crippen molar-refractivity contribution in [2.45, 2.75) is 6.61 Å². The van der Waals surface area contributed by atoms with Gasteiger partial charge >= 0.3 is 0 Å². The summed E-state index contributed by atoms with van der Waals surface area (Å²) in [5, 5.41) is 4.48. The van der Waals surface area contributed by atoms with Gasteiger partial charge in [0.1, 0.15) is 23.7 Å². The Morgan fingerprint density at radius 2 is 1.92 bits per heavy atom. The van der Waals surface area contributed by atoms with Crippen molar-refractivity contribution in [2.24, 2.45) is 5.73 Å². The molecular formula is C17H11ClF2N2O3. The number of rotatable bonds is 5. The van der Waals surface area contributed by atoms with Crippen LogP contribution in [-0.4, -0.2) is 11.1 Å². The van der Waals surface area contributed by atoms with Gasteiger partial charge in [0.05, 0.1) is 0 Å². The highest BCUT2D eigenvalue weighted by Gasteiger charge is 2.19. The van der Waals surface area contributed by atoms with Crippen molar-refractivity contribution < 1.29 is 22.8 Å². The van der Waals surface area contributed by atoms with Crippen LogP contribution >= 0.6 is 11.6 Å². The van der Waals surface area contributed by atoms with Gasteiger partial charge in [-0.25, -0.2) is 8.78 Å². The van der Waals surface area contributed by atoms with Crippen LogP contribution in [0.25, 0.3) is 11.3 Å². The van der Waals surface area contributed by atoms with E-state index in [1.165, 1.54) is 0 Å². The van der Waals surface area contributed by atoms with Crippen molar-refractivity contribution in [3.05, 3.63) is 70.4 Å². The van der Waals surface area contributed by atoms with Gasteiger partial charge in [-0.1, -0.05) is 28.9 Å². The largest absolute Gasteiger partial charge is 0.482 e. The molecule has 25 heavy (non-hydrogen) atoms. The summed E-state index contributed by atoms with van der Waals surface area (Å²) in [5.41, 5.74) is 5.44. The van der Waals surface area contributed by atoms with Gasteiger partial charge in [-0.3, -0.25) is 4.79 Å². The maximum atomic E-state index is 14.1. The first kappa shape index (κ1) is 16.9. The Balaban J connectivity index is 1.76. The quantitative estimate of drug-likeness (QED) is 0.743. The molecule has 0 spiro atoms. The molecule has 0 bridgehead atoms. The van der Waals surface area contributed by atoms with E-state index in [4.69, 9.17) is 26.6 Å². The lowest BCUT2D eigenvalue weighted by Crippen LogP contribution is -2.16. The Bertz CT molecular complexity index is 926. The Hall–Kier alpha value is -2.93. The SMILES string of the molecule is NC(=O)c1c(F)ccc(OCc2cc(-c3ccc(Cl)cc3)no2)c1F. The lowest BCUT2D eigenvalue weighted by Gasteiger charge is -2.08. The first-order valence-electron chi connectivity index (χ1n) is 7.08. The summed E-state index contributed by atoms with van der Waals surface area (Å²) < 4.78 is 37.8. The molecule has 1 heterocycles. The maximum Gasteiger partial charge on any atom is 0.254 e. The molecule has 1 amide bonds. The molecule has 0 radical (unpaired) electrons. The van der Waals surface area contributed by atoms with Gasteiger partial charge in [0.2, 0.25) is 0 Å². The summed E-state index contributed by atoms with van der Waals surface area (Å²) in [6.07, 6.45) is 0. The first-order chi connectivity index (χ1) is 12.0. The van der Waals surface area contributed by atoms with E-state index < -0.39 is 23.1 Å². The van der Waals surface area contributed by atoms with Crippen LogP contribution in [0.3, 0.4) is 0 Å². The van der Waals surface area contributed by atoms with E-state index in [0.29, 0.717) is 16.5 Å². The fraction of sp³-hybridized carbons (Fsp3) is 0.0588. The summed E-state index contributed by atoms with van der Waals surface area (Å²) in [6, 6.07) is 10.5. The first-order valence-corrected chi connectivity index (χ1v) is 7.45. The number of aromatic nitrogens is 1. The zero-order valence-electron chi connectivity index (χ0n) is 12.6. The Morgan fingerprint density at radius 3 is 2.60 bits per heavy atom. The normalized spacial score (nSPS) is 10.7. The van der Waals surface area contributed by atoms with Crippen LogP contribution in [0.1, 0.15) is 16.1 Å². The van der Waals surface area contributed by atoms with E-state index >= 15 is 0 Å². The highest BCUT2D eigenvalue weighted by molar-refractivity contribution is 6.30. The molecule has 2 aromatic carbocycles. The van der Waals surface area contributed by atoms with Gasteiger partial charge < -0.3 is 15.0 Å². The molecule has 0 saturated heterocycles. The third-order valence-corrected chi connectivity index (χ3v) is 3.62. The number of nitrogens with zero attached hydrogens (tertiary/aromatic N) is 1. The second-order valence-corrected chi connectivity index (χ2v) is 5.51. The lowest BCUT2D eigenvalue weighted by molar-refractivity contribution is 0.0991. The van der Waals surface area contributed by atoms with Crippen molar-refractivity contribution >= 4 is 17.5 Å². The number of halogens is 3. The third-order valence-electron chi connectivity index (χ3n) is 3.37. The molecular weight excluding hydrogens is 354 g/mol. The average Bonchev–Trinajstić information content (AvgIpc) is 3.03. The molecule has 3 aromatic rings. The minimum absolute atomic E-state index is 0.165. The molecule has 8 heteroatoms. The van der Waals surface area contributed by atoms with Gasteiger partial charge in [0.15, 0.2) is 17.3 Å². The van der Waals surface area contributed by atoms with E-state index in [1.54, 1.807) is 30.3 Å². The Labute approximate surface area is 145 Å². The number of hydrogen-bond donors (Lipinski definition) is 1. The van der Waals surface area contributed by atoms with E-state index in [0.717, 1.165) is 17.7 Å². The minimum atomic E-state index is -1.22. The van der Waals surface area contributed by atoms with Gasteiger partial charge in [-0.2, -0.15) is 0 Å². The predicted molar refractivity (Wildman–Crippen MR) is 86.2 cm³/mol. The molecule has 0 atom stereocenters. The highest BCUT2D eigenvalue weighted by atomic mass is 35.5. The number of primary amides is 1. The fourth-order valence-electron chi connectivity index (χ4n) is 2.16. The number of nitrogens with two attached hydrogens (primary N) is 1. The van der Waals surface area contributed by atoms with Gasteiger partial charge in [0.25, 0.3) is 5.91 Å². The molecule has 0 aliphatic heterocycles. The van der Waals surface area contributed by atoms with Crippen molar-refractivity contribution in [3.63, 3.8) is 0 Å². The average molecular weight is 365 g/mol. The zero-order chi connectivity index (χ0) is 18.0. The van der Waals surface area contributed by atoms with E-state index in [-0.39, 0.29) is 12.4 Å². The number of hydrogen-bond acceptors (Lipinski definition) is 4. The molecule has 2 N–H and O–H groups in total. The smallest absolute Gasteiger partial charge is 0.254 e. The molecule has 0 aliphatic carbocycles. The summed E-state index contributed by atoms with van der Waals surface area (Å²) >= 11 is 5.82. The molecule has 1 aromatic heterocycles. The Kier molecular flexibility index (Phi) is 4.67. The van der Waals surface area contributed by atoms with Crippen LogP contribution in [0.2, 0.25) is 5.02 Å². The number of benzene rings is 2. The topological polar surface area (TPSA) is 78.4 Å². The second kappa shape index (κ2) is 6.90. The summed E-state index contributed by atoms with van der Waals surface area (Å²) in [5.74, 6) is -3.44. The van der Waals surface area contributed by atoms with E-state index in [1.807, 2.05) is 0 Å². The van der Waals surface area contributed by atoms with Crippen LogP contribution in [0, 0.1) is 11.6 Å². The maximum absolute atomic E-state index is 14.1. The molecule has 0 aliphatic rings. The van der Waals surface area contributed by atoms with Gasteiger partial charge in [-0.15, -0.1) is 0 Å². The van der Waals surface area contributed by atoms with Gasteiger partial charge in [-0.05, 0) is 24.3 Å². The minimum Gasteiger partial charge on any atom is -0.482 e. The Morgan fingerprint density at radius 1 is 1.20 bits per heavy atom. The standard InChI is InChI=1S/C17H11ClF2N2O3/c18-10-3-1-9(2-4-10)13-7-11(25-22-13)8-24-14-6-5-12(19)15(16(14)20)17(21)23/h1-7H,8H2,(H2,21,23). The molecule has 128 valence electrons. The highest BCUT2D eigenvalue weighted by Crippen LogP contribution is 2.25. The van der Waals surface area contributed by atoms with E-state index in [9.17, 15) is 13.6 Å². The van der Waals surface area contributed by atoms with Crippen LogP contribution in [0.4, 0.5) is 8.78 Å². The molecule has 5 nitrogen and oxygen atoms in total. The number of ether oxygens (including phenoxy) is 1. The summed E-state index contributed by atoms with van der Waals surface area (Å²) in [4.78, 5) is 11.1. The number of carbonyl (C=O) groups is 1. The van der Waals surface area contributed by atoms with Crippen LogP contribution in [0.15, 0.2) is 47.0 Å². The lowest BCUT2D eigenvalue weighted by atomic mass is 10.1. The van der Waals surface area contributed by atoms with E-state index in [2.05, 4.69) is 5.16 Å². The molecule has 0 fully saturated rings. The molecule has 3 rings (SSSR count). The van der Waals surface area contributed by atoms with Crippen LogP contribution in [-0.2, 0) is 6.61 Å². The van der Waals surface area contributed by atoms with Crippen LogP contribution < -0.4 is 10.5 Å². The predicted octanol–water partition coefficient (Wildman–Crippen LogP) is 3.95. The number of amides is 1. The van der Waals surface area contributed by atoms with Crippen molar-refractivity contribution in [1.29, 1.82) is 0 Å². The second-order valence-electron chi connectivity index (χ2n) is 5.07. The summed E-state index contributed by atoms with van der Waals surface area (Å²) in [6.45, 7) is -0.165. The molecule has 0 saturated carbocycles. The fourth-order valence-corrected chi connectivity index (χ4v) is 2.28. The molecule has 0 unspecified atom stereocenters.